The van der Waals surface area contributed by atoms with E-state index in [1.165, 1.54) is 77.0 Å². The number of aliphatic hydroxyl groups excluding tert-OH is 2. The predicted octanol–water partition coefficient (Wildman–Crippen LogP) is 4.29. The molecule has 2 heteroatoms. The van der Waals surface area contributed by atoms with Crippen molar-refractivity contribution in [1.29, 1.82) is 0 Å². The molecule has 1 rings (SSSR count). The third-order valence-corrected chi connectivity index (χ3v) is 4.78. The van der Waals surface area contributed by atoms with Gasteiger partial charge in [-0.3, -0.25) is 0 Å². The summed E-state index contributed by atoms with van der Waals surface area (Å²) in [6.45, 7) is 0.751. The van der Waals surface area contributed by atoms with Gasteiger partial charge in [0.15, 0.2) is 0 Å². The molecule has 1 atom stereocenters. The predicted molar refractivity (Wildman–Crippen MR) is 81.2 cm³/mol. The first-order valence-electron chi connectivity index (χ1n) is 8.60. The summed E-state index contributed by atoms with van der Waals surface area (Å²) in [6.07, 6.45) is 16.8. The quantitative estimate of drug-likeness (QED) is 0.550. The number of rotatable bonds is 11. The Morgan fingerprint density at radius 1 is 0.737 bits per heavy atom. The lowest BCUT2D eigenvalue weighted by Gasteiger charge is -2.29. The summed E-state index contributed by atoms with van der Waals surface area (Å²) in [5.74, 6) is 1.39. The molecule has 0 radical (unpaired) electrons. The topological polar surface area (TPSA) is 40.5 Å². The molecule has 0 saturated heterocycles. The van der Waals surface area contributed by atoms with Crippen molar-refractivity contribution in [2.45, 2.75) is 83.5 Å². The third-order valence-electron chi connectivity index (χ3n) is 4.78. The van der Waals surface area contributed by atoms with Crippen molar-refractivity contribution in [2.75, 3.05) is 13.2 Å². The van der Waals surface area contributed by atoms with Crippen LogP contribution in [0.5, 0.6) is 0 Å². The van der Waals surface area contributed by atoms with Crippen LogP contribution in [-0.2, 0) is 0 Å². The van der Waals surface area contributed by atoms with Crippen LogP contribution in [0.4, 0.5) is 0 Å². The summed E-state index contributed by atoms with van der Waals surface area (Å²) in [7, 11) is 0. The van der Waals surface area contributed by atoms with E-state index < -0.39 is 0 Å². The molecule has 0 amide bonds. The van der Waals surface area contributed by atoms with E-state index in [1.54, 1.807) is 0 Å². The van der Waals surface area contributed by atoms with Gasteiger partial charge >= 0.3 is 0 Å². The van der Waals surface area contributed by atoms with Gasteiger partial charge in [0.25, 0.3) is 0 Å². The molecule has 0 spiro atoms. The van der Waals surface area contributed by atoms with Gasteiger partial charge in [-0.15, -0.1) is 0 Å². The second-order valence-corrected chi connectivity index (χ2v) is 6.33. The lowest BCUT2D eigenvalue weighted by atomic mass is 9.78. The highest BCUT2D eigenvalue weighted by Gasteiger charge is 2.22. The van der Waals surface area contributed by atoms with Crippen LogP contribution >= 0.6 is 0 Å². The SMILES string of the molecule is OCCCCCCCCCC(CO)C1CCCCC1. The van der Waals surface area contributed by atoms with E-state index in [-0.39, 0.29) is 0 Å². The van der Waals surface area contributed by atoms with Crippen molar-refractivity contribution in [1.82, 2.24) is 0 Å². The minimum absolute atomic E-state index is 0.347. The number of aliphatic hydroxyl groups is 2. The Hall–Kier alpha value is -0.0800. The highest BCUT2D eigenvalue weighted by molar-refractivity contribution is 4.73. The zero-order chi connectivity index (χ0) is 13.8. The molecule has 114 valence electrons. The second kappa shape index (κ2) is 11.7. The van der Waals surface area contributed by atoms with Gasteiger partial charge in [-0.1, -0.05) is 70.6 Å². The van der Waals surface area contributed by atoms with Gasteiger partial charge < -0.3 is 10.2 Å². The average Bonchev–Trinajstić information content (AvgIpc) is 2.47. The van der Waals surface area contributed by atoms with Gasteiger partial charge in [-0.2, -0.15) is 0 Å². The van der Waals surface area contributed by atoms with E-state index in [9.17, 15) is 5.11 Å². The van der Waals surface area contributed by atoms with Gasteiger partial charge in [-0.25, -0.2) is 0 Å². The summed E-state index contributed by atoms with van der Waals surface area (Å²) < 4.78 is 0. The van der Waals surface area contributed by atoms with E-state index in [4.69, 9.17) is 5.11 Å². The second-order valence-electron chi connectivity index (χ2n) is 6.33. The minimum Gasteiger partial charge on any atom is -0.396 e. The van der Waals surface area contributed by atoms with Crippen molar-refractivity contribution in [2.24, 2.45) is 11.8 Å². The molecule has 1 unspecified atom stereocenters. The summed E-state index contributed by atoms with van der Waals surface area (Å²) in [4.78, 5) is 0. The van der Waals surface area contributed by atoms with E-state index in [0.717, 1.165) is 12.3 Å². The lowest BCUT2D eigenvalue weighted by molar-refractivity contribution is 0.137. The fraction of sp³-hybridized carbons (Fsp3) is 1.00. The normalized spacial score (nSPS) is 18.6. The Kier molecular flexibility index (Phi) is 10.5. The van der Waals surface area contributed by atoms with E-state index >= 15 is 0 Å². The molecule has 0 aromatic carbocycles. The average molecular weight is 270 g/mol. The summed E-state index contributed by atoms with van der Waals surface area (Å²) in [5, 5.41) is 18.2. The van der Waals surface area contributed by atoms with Gasteiger partial charge in [0.1, 0.15) is 0 Å². The molecule has 0 aliphatic heterocycles. The van der Waals surface area contributed by atoms with Crippen LogP contribution in [-0.4, -0.2) is 23.4 Å². The summed E-state index contributed by atoms with van der Waals surface area (Å²) in [5.41, 5.74) is 0. The molecule has 19 heavy (non-hydrogen) atoms. The minimum atomic E-state index is 0.347. The maximum absolute atomic E-state index is 9.55. The van der Waals surface area contributed by atoms with Crippen LogP contribution in [0.3, 0.4) is 0 Å². The standard InChI is InChI=1S/C17H34O2/c18-14-10-5-3-1-2-4-7-13-17(15-19)16-11-8-6-9-12-16/h16-19H,1-15H2. The molecular formula is C17H34O2. The molecule has 0 aromatic heterocycles. The molecule has 1 saturated carbocycles. The fourth-order valence-electron chi connectivity index (χ4n) is 3.48. The largest absolute Gasteiger partial charge is 0.396 e. The van der Waals surface area contributed by atoms with Crippen LogP contribution < -0.4 is 0 Å². The Balaban J connectivity index is 1.96. The molecule has 0 heterocycles. The summed E-state index contributed by atoms with van der Waals surface area (Å²) in [6, 6.07) is 0. The summed E-state index contributed by atoms with van der Waals surface area (Å²) >= 11 is 0. The van der Waals surface area contributed by atoms with Crippen molar-refractivity contribution in [3.63, 3.8) is 0 Å². The molecule has 1 fully saturated rings. The Morgan fingerprint density at radius 3 is 1.89 bits per heavy atom. The first kappa shape index (κ1) is 17.0. The molecule has 0 bridgehead atoms. The molecule has 1 aliphatic carbocycles. The third kappa shape index (κ3) is 7.94. The van der Waals surface area contributed by atoms with Crippen molar-refractivity contribution in [3.8, 4) is 0 Å². The molecule has 1 aliphatic rings. The van der Waals surface area contributed by atoms with E-state index in [1.807, 2.05) is 0 Å². The van der Waals surface area contributed by atoms with Crippen LogP contribution in [0.25, 0.3) is 0 Å². The molecule has 2 nitrogen and oxygen atoms in total. The van der Waals surface area contributed by atoms with Crippen LogP contribution in [0, 0.1) is 11.8 Å². The van der Waals surface area contributed by atoms with Crippen molar-refractivity contribution < 1.29 is 10.2 Å². The maximum Gasteiger partial charge on any atom is 0.0461 e. The van der Waals surface area contributed by atoms with Gasteiger partial charge in [0.05, 0.1) is 0 Å². The highest BCUT2D eigenvalue weighted by atomic mass is 16.3. The van der Waals surface area contributed by atoms with Crippen molar-refractivity contribution in [3.05, 3.63) is 0 Å². The van der Waals surface area contributed by atoms with E-state index in [2.05, 4.69) is 0 Å². The van der Waals surface area contributed by atoms with Crippen LogP contribution in [0.15, 0.2) is 0 Å². The fourth-order valence-corrected chi connectivity index (χ4v) is 3.48. The van der Waals surface area contributed by atoms with Crippen molar-refractivity contribution >= 4 is 0 Å². The number of unbranched alkanes of at least 4 members (excludes halogenated alkanes) is 6. The smallest absolute Gasteiger partial charge is 0.0461 e. The number of hydrogen-bond acceptors (Lipinski definition) is 2. The molecule has 0 aromatic rings. The van der Waals surface area contributed by atoms with Gasteiger partial charge in [0.2, 0.25) is 0 Å². The van der Waals surface area contributed by atoms with E-state index in [0.29, 0.717) is 19.1 Å². The maximum atomic E-state index is 9.55. The monoisotopic (exact) mass is 270 g/mol. The first-order valence-corrected chi connectivity index (χ1v) is 8.60. The Labute approximate surface area is 119 Å². The molecule has 2 N–H and O–H groups in total. The first-order chi connectivity index (χ1) is 9.38. The Bertz CT molecular complexity index is 188. The number of hydrogen-bond donors (Lipinski definition) is 2. The lowest BCUT2D eigenvalue weighted by Crippen LogP contribution is -2.21. The van der Waals surface area contributed by atoms with Crippen LogP contribution in [0.1, 0.15) is 83.5 Å². The zero-order valence-corrected chi connectivity index (χ0v) is 12.7. The van der Waals surface area contributed by atoms with Crippen LogP contribution in [0.2, 0.25) is 0 Å². The molecular weight excluding hydrogens is 236 g/mol. The van der Waals surface area contributed by atoms with Gasteiger partial charge in [-0.05, 0) is 24.7 Å². The highest BCUT2D eigenvalue weighted by Crippen LogP contribution is 2.32. The zero-order valence-electron chi connectivity index (χ0n) is 12.7. The Morgan fingerprint density at radius 2 is 1.32 bits per heavy atom. The van der Waals surface area contributed by atoms with Gasteiger partial charge in [0, 0.05) is 13.2 Å².